The van der Waals surface area contributed by atoms with Crippen molar-refractivity contribution in [2.24, 2.45) is 0 Å². The Labute approximate surface area is 131 Å². The molecule has 2 rings (SSSR count). The van der Waals surface area contributed by atoms with Gasteiger partial charge < -0.3 is 19.6 Å². The third-order valence-corrected chi connectivity index (χ3v) is 3.97. The van der Waals surface area contributed by atoms with Gasteiger partial charge in [0.05, 0.1) is 11.1 Å². The van der Waals surface area contributed by atoms with Gasteiger partial charge in [0.2, 0.25) is 0 Å². The van der Waals surface area contributed by atoms with Crippen LogP contribution in [0.4, 0.5) is 4.79 Å². The minimum atomic E-state index is -0.940. The highest BCUT2D eigenvalue weighted by molar-refractivity contribution is 9.10. The zero-order chi connectivity index (χ0) is 15.4. The van der Waals surface area contributed by atoms with Crippen LogP contribution in [0.25, 0.3) is 0 Å². The lowest BCUT2D eigenvalue weighted by atomic mass is 10.1. The summed E-state index contributed by atoms with van der Waals surface area (Å²) in [5.41, 5.74) is 0.547. The van der Waals surface area contributed by atoms with Crippen LogP contribution in [-0.2, 0) is 0 Å². The van der Waals surface area contributed by atoms with E-state index in [9.17, 15) is 9.59 Å². The van der Waals surface area contributed by atoms with Gasteiger partial charge in [-0.05, 0) is 41.1 Å². The Kier molecular flexibility index (Phi) is 5.06. The lowest BCUT2D eigenvalue weighted by molar-refractivity contribution is 0.0624. The summed E-state index contributed by atoms with van der Waals surface area (Å²) < 4.78 is 6.26. The predicted molar refractivity (Wildman–Crippen MR) is 80.8 cm³/mol. The number of hydrogen-bond donors (Lipinski definition) is 1. The van der Waals surface area contributed by atoms with Crippen LogP contribution in [0, 0.1) is 0 Å². The topological polar surface area (TPSA) is 70.1 Å². The molecule has 0 saturated carbocycles. The van der Waals surface area contributed by atoms with Gasteiger partial charge in [-0.1, -0.05) is 0 Å². The average molecular weight is 357 g/mol. The zero-order valence-electron chi connectivity index (χ0n) is 11.7. The van der Waals surface area contributed by atoms with Gasteiger partial charge in [-0.2, -0.15) is 0 Å². The van der Waals surface area contributed by atoms with E-state index in [0.29, 0.717) is 44.1 Å². The van der Waals surface area contributed by atoms with Crippen LogP contribution in [0.15, 0.2) is 22.7 Å². The molecule has 0 spiro atoms. The third kappa shape index (κ3) is 3.66. The van der Waals surface area contributed by atoms with E-state index in [0.717, 1.165) is 4.47 Å². The van der Waals surface area contributed by atoms with Crippen LogP contribution >= 0.6 is 15.9 Å². The van der Waals surface area contributed by atoms with Gasteiger partial charge in [0.25, 0.3) is 5.91 Å². The Morgan fingerprint density at radius 1 is 1.24 bits per heavy atom. The van der Waals surface area contributed by atoms with Crippen LogP contribution < -0.4 is 4.74 Å². The molecular weight excluding hydrogens is 340 g/mol. The van der Waals surface area contributed by atoms with E-state index in [1.54, 1.807) is 23.1 Å². The highest BCUT2D eigenvalue weighted by Gasteiger charge is 2.24. The first-order chi connectivity index (χ1) is 10.0. The first kappa shape index (κ1) is 15.6. The van der Waals surface area contributed by atoms with Gasteiger partial charge in [-0.15, -0.1) is 0 Å². The van der Waals surface area contributed by atoms with Crippen LogP contribution in [0.5, 0.6) is 5.75 Å². The molecule has 0 unspecified atom stereocenters. The highest BCUT2D eigenvalue weighted by atomic mass is 79.9. The Hall–Kier alpha value is -1.76. The summed E-state index contributed by atoms with van der Waals surface area (Å²) in [6.07, 6.45) is -0.940. The Morgan fingerprint density at radius 3 is 2.43 bits per heavy atom. The second kappa shape index (κ2) is 6.80. The number of benzene rings is 1. The number of nitrogens with zero attached hydrogens (tertiary/aromatic N) is 2. The fourth-order valence-electron chi connectivity index (χ4n) is 2.19. The smallest absolute Gasteiger partial charge is 0.407 e. The van der Waals surface area contributed by atoms with Gasteiger partial charge in [-0.3, -0.25) is 4.79 Å². The van der Waals surface area contributed by atoms with Crippen molar-refractivity contribution in [2.45, 2.75) is 6.92 Å². The van der Waals surface area contributed by atoms with Gasteiger partial charge in [-0.25, -0.2) is 4.79 Å². The zero-order valence-corrected chi connectivity index (χ0v) is 13.3. The lowest BCUT2D eigenvalue weighted by Crippen LogP contribution is -2.50. The molecule has 21 heavy (non-hydrogen) atoms. The summed E-state index contributed by atoms with van der Waals surface area (Å²) in [7, 11) is 0. The van der Waals surface area contributed by atoms with Crippen molar-refractivity contribution in [1.82, 2.24) is 9.80 Å². The summed E-state index contributed by atoms with van der Waals surface area (Å²) >= 11 is 3.38. The average Bonchev–Trinajstić information content (AvgIpc) is 2.49. The molecule has 114 valence electrons. The maximum atomic E-state index is 12.4. The molecule has 1 aliphatic rings. The van der Waals surface area contributed by atoms with Gasteiger partial charge in [0.1, 0.15) is 5.75 Å². The van der Waals surface area contributed by atoms with E-state index in [1.165, 1.54) is 4.90 Å². The number of ether oxygens (including phenoxy) is 1. The highest BCUT2D eigenvalue weighted by Crippen LogP contribution is 2.26. The first-order valence-electron chi connectivity index (χ1n) is 6.72. The molecule has 1 N–H and O–H groups in total. The molecule has 1 aliphatic heterocycles. The first-order valence-corrected chi connectivity index (χ1v) is 7.51. The van der Waals surface area contributed by atoms with Crippen molar-refractivity contribution >= 4 is 27.9 Å². The van der Waals surface area contributed by atoms with Gasteiger partial charge in [0.15, 0.2) is 0 Å². The van der Waals surface area contributed by atoms with Crippen molar-refractivity contribution in [3.63, 3.8) is 0 Å². The summed E-state index contributed by atoms with van der Waals surface area (Å²) in [6, 6.07) is 5.23. The van der Waals surface area contributed by atoms with E-state index in [1.807, 2.05) is 6.92 Å². The Balaban J connectivity index is 2.07. The molecule has 0 atom stereocenters. The monoisotopic (exact) mass is 356 g/mol. The molecule has 2 amide bonds. The summed E-state index contributed by atoms with van der Waals surface area (Å²) in [4.78, 5) is 26.3. The second-order valence-electron chi connectivity index (χ2n) is 4.64. The minimum Gasteiger partial charge on any atom is -0.493 e. The van der Waals surface area contributed by atoms with Crippen LogP contribution in [0.1, 0.15) is 17.3 Å². The number of carbonyl (C=O) groups excluding carboxylic acids is 1. The Morgan fingerprint density at radius 2 is 1.86 bits per heavy atom. The third-order valence-electron chi connectivity index (χ3n) is 3.32. The molecule has 1 aromatic carbocycles. The lowest BCUT2D eigenvalue weighted by Gasteiger charge is -2.33. The molecule has 0 aliphatic carbocycles. The second-order valence-corrected chi connectivity index (χ2v) is 5.49. The standard InChI is InChI=1S/C14H17BrN2O4/c1-2-21-12-9-10(3-4-11(12)15)13(18)16-5-7-17(8-6-16)14(19)20/h3-4,9H,2,5-8H2,1H3,(H,19,20). The molecule has 6 nitrogen and oxygen atoms in total. The normalized spacial score (nSPS) is 15.0. The van der Waals surface area contributed by atoms with Crippen molar-refractivity contribution in [3.8, 4) is 5.75 Å². The maximum absolute atomic E-state index is 12.4. The molecule has 1 saturated heterocycles. The number of halogens is 1. The fraction of sp³-hybridized carbons (Fsp3) is 0.429. The van der Waals surface area contributed by atoms with Crippen molar-refractivity contribution in [1.29, 1.82) is 0 Å². The van der Waals surface area contributed by atoms with Crippen LogP contribution in [0.3, 0.4) is 0 Å². The quantitative estimate of drug-likeness (QED) is 0.901. The van der Waals surface area contributed by atoms with Gasteiger partial charge in [0, 0.05) is 31.7 Å². The summed E-state index contributed by atoms with van der Waals surface area (Å²) in [5.74, 6) is 0.529. The van der Waals surface area contributed by atoms with Crippen molar-refractivity contribution in [2.75, 3.05) is 32.8 Å². The molecule has 1 fully saturated rings. The molecule has 7 heteroatoms. The molecule has 1 heterocycles. The van der Waals surface area contributed by atoms with Crippen molar-refractivity contribution < 1.29 is 19.4 Å². The van der Waals surface area contributed by atoms with Crippen LogP contribution in [-0.4, -0.2) is 59.7 Å². The number of amides is 2. The van der Waals surface area contributed by atoms with E-state index < -0.39 is 6.09 Å². The maximum Gasteiger partial charge on any atom is 0.407 e. The minimum absolute atomic E-state index is 0.103. The van der Waals surface area contributed by atoms with Crippen molar-refractivity contribution in [3.05, 3.63) is 28.2 Å². The van der Waals surface area contributed by atoms with E-state index in [-0.39, 0.29) is 5.91 Å². The SMILES string of the molecule is CCOc1cc(C(=O)N2CCN(C(=O)O)CC2)ccc1Br. The number of piperazine rings is 1. The summed E-state index contributed by atoms with van der Waals surface area (Å²) in [6.45, 7) is 3.90. The van der Waals surface area contributed by atoms with Crippen LogP contribution in [0.2, 0.25) is 0 Å². The van der Waals surface area contributed by atoms with E-state index in [2.05, 4.69) is 15.9 Å². The Bertz CT molecular complexity index is 542. The molecule has 0 bridgehead atoms. The number of hydrogen-bond acceptors (Lipinski definition) is 3. The predicted octanol–water partition coefficient (Wildman–Crippen LogP) is 2.28. The summed E-state index contributed by atoms with van der Waals surface area (Å²) in [5, 5.41) is 8.91. The fourth-order valence-corrected chi connectivity index (χ4v) is 2.55. The molecule has 0 radical (unpaired) electrons. The van der Waals surface area contributed by atoms with Gasteiger partial charge >= 0.3 is 6.09 Å². The molecule has 0 aromatic heterocycles. The van der Waals surface area contributed by atoms with E-state index >= 15 is 0 Å². The number of carbonyl (C=O) groups is 2. The van der Waals surface area contributed by atoms with E-state index in [4.69, 9.17) is 9.84 Å². The molecule has 1 aromatic rings. The number of carboxylic acid groups (broad SMARTS) is 1. The number of rotatable bonds is 3. The molecular formula is C14H17BrN2O4. The largest absolute Gasteiger partial charge is 0.493 e.